The molecule has 0 radical (unpaired) electrons. The van der Waals surface area contributed by atoms with Crippen molar-refractivity contribution in [1.82, 2.24) is 0 Å². The lowest BCUT2D eigenvalue weighted by Gasteiger charge is -2.14. The molecule has 5 nitrogen and oxygen atoms in total. The highest BCUT2D eigenvalue weighted by Crippen LogP contribution is 2.09. The summed E-state index contributed by atoms with van der Waals surface area (Å²) < 4.78 is 16.0. The molecule has 2 aromatic rings. The molecule has 1 unspecified atom stereocenters. The third kappa shape index (κ3) is 6.82. The van der Waals surface area contributed by atoms with Crippen molar-refractivity contribution in [2.45, 2.75) is 39.7 Å². The number of rotatable bonds is 10. The van der Waals surface area contributed by atoms with Crippen molar-refractivity contribution in [3.63, 3.8) is 0 Å². The Balaban J connectivity index is 1.64. The maximum Gasteiger partial charge on any atom is 0.338 e. The first kappa shape index (κ1) is 21.6. The molecule has 0 fully saturated rings. The molecular formula is C23H28O5. The summed E-state index contributed by atoms with van der Waals surface area (Å²) >= 11 is 0. The molecule has 0 aliphatic heterocycles. The molecule has 2 rings (SSSR count). The second-order valence-corrected chi connectivity index (χ2v) is 6.53. The minimum absolute atomic E-state index is 0.146. The van der Waals surface area contributed by atoms with E-state index in [-0.39, 0.29) is 31.8 Å². The van der Waals surface area contributed by atoms with Gasteiger partial charge < -0.3 is 14.2 Å². The average molecular weight is 384 g/mol. The molecule has 150 valence electrons. The van der Waals surface area contributed by atoms with Gasteiger partial charge in [0, 0.05) is 0 Å². The maximum absolute atomic E-state index is 12.1. The zero-order valence-corrected chi connectivity index (χ0v) is 16.8. The Kier molecular flexibility index (Phi) is 8.69. The van der Waals surface area contributed by atoms with Crippen molar-refractivity contribution < 1.29 is 23.8 Å². The van der Waals surface area contributed by atoms with E-state index < -0.39 is 6.10 Å². The van der Waals surface area contributed by atoms with Crippen LogP contribution in [0.3, 0.4) is 0 Å². The molecule has 28 heavy (non-hydrogen) atoms. The van der Waals surface area contributed by atoms with Crippen LogP contribution < -0.4 is 0 Å². The highest BCUT2D eigenvalue weighted by molar-refractivity contribution is 5.89. The van der Waals surface area contributed by atoms with Gasteiger partial charge in [0.1, 0.15) is 12.7 Å². The Morgan fingerprint density at radius 1 is 0.786 bits per heavy atom. The van der Waals surface area contributed by atoms with Crippen molar-refractivity contribution in [2.24, 2.45) is 0 Å². The van der Waals surface area contributed by atoms with E-state index in [2.05, 4.69) is 13.8 Å². The predicted molar refractivity (Wildman–Crippen MR) is 108 cm³/mol. The van der Waals surface area contributed by atoms with Crippen LogP contribution in [-0.2, 0) is 27.1 Å². The molecule has 0 aliphatic rings. The van der Waals surface area contributed by atoms with E-state index in [0.717, 1.165) is 12.8 Å². The number of benzene rings is 2. The monoisotopic (exact) mass is 384 g/mol. The van der Waals surface area contributed by atoms with Crippen LogP contribution in [0.15, 0.2) is 48.5 Å². The van der Waals surface area contributed by atoms with Gasteiger partial charge in [0.2, 0.25) is 0 Å². The minimum Gasteiger partial charge on any atom is -0.460 e. The van der Waals surface area contributed by atoms with E-state index in [4.69, 9.17) is 14.2 Å². The fourth-order valence-corrected chi connectivity index (χ4v) is 2.56. The van der Waals surface area contributed by atoms with Crippen LogP contribution in [0.2, 0.25) is 0 Å². The van der Waals surface area contributed by atoms with Gasteiger partial charge in [-0.3, -0.25) is 0 Å². The summed E-state index contributed by atoms with van der Waals surface area (Å²) in [5.74, 6) is -0.748. The van der Waals surface area contributed by atoms with Crippen LogP contribution in [0.5, 0.6) is 0 Å². The Bertz CT molecular complexity index is 750. The summed E-state index contributed by atoms with van der Waals surface area (Å²) in [6, 6.07) is 14.7. The SMILES string of the molecule is CCc1ccc(C(=O)OCCOCC(C)OC(=O)c2ccc(CC)cc2)cc1. The number of esters is 2. The van der Waals surface area contributed by atoms with Crippen LogP contribution in [0.1, 0.15) is 52.6 Å². The fourth-order valence-electron chi connectivity index (χ4n) is 2.56. The lowest BCUT2D eigenvalue weighted by atomic mass is 10.1. The molecule has 0 aromatic heterocycles. The molecule has 0 amide bonds. The lowest BCUT2D eigenvalue weighted by molar-refractivity contribution is -0.00880. The maximum atomic E-state index is 12.1. The number of hydrogen-bond donors (Lipinski definition) is 0. The minimum atomic E-state index is -0.393. The van der Waals surface area contributed by atoms with Crippen molar-refractivity contribution >= 4 is 11.9 Å². The summed E-state index contributed by atoms with van der Waals surface area (Å²) in [6.07, 6.45) is 1.46. The summed E-state index contributed by atoms with van der Waals surface area (Å²) in [5, 5.41) is 0. The first-order valence-electron chi connectivity index (χ1n) is 9.67. The van der Waals surface area contributed by atoms with Crippen molar-refractivity contribution in [2.75, 3.05) is 19.8 Å². The van der Waals surface area contributed by atoms with Gasteiger partial charge in [-0.1, -0.05) is 38.1 Å². The van der Waals surface area contributed by atoms with Gasteiger partial charge in [-0.05, 0) is 55.2 Å². The smallest absolute Gasteiger partial charge is 0.338 e. The molecule has 1 atom stereocenters. The second-order valence-electron chi connectivity index (χ2n) is 6.53. The van der Waals surface area contributed by atoms with Crippen LogP contribution in [-0.4, -0.2) is 37.9 Å². The summed E-state index contributed by atoms with van der Waals surface area (Å²) in [4.78, 5) is 24.0. The van der Waals surface area contributed by atoms with Crippen molar-refractivity contribution in [3.05, 3.63) is 70.8 Å². The van der Waals surface area contributed by atoms with E-state index in [1.165, 1.54) is 11.1 Å². The van der Waals surface area contributed by atoms with E-state index in [9.17, 15) is 9.59 Å². The fraction of sp³-hybridized carbons (Fsp3) is 0.391. The highest BCUT2D eigenvalue weighted by Gasteiger charge is 2.12. The molecule has 0 saturated heterocycles. The molecular weight excluding hydrogens is 356 g/mol. The van der Waals surface area contributed by atoms with Gasteiger partial charge in [0.15, 0.2) is 0 Å². The van der Waals surface area contributed by atoms with E-state index in [0.29, 0.717) is 11.1 Å². The van der Waals surface area contributed by atoms with Crippen LogP contribution in [0.4, 0.5) is 0 Å². The Morgan fingerprint density at radius 2 is 1.29 bits per heavy atom. The van der Waals surface area contributed by atoms with Gasteiger partial charge in [0.25, 0.3) is 0 Å². The second kappa shape index (κ2) is 11.2. The molecule has 5 heteroatoms. The molecule has 0 aliphatic carbocycles. The first-order valence-corrected chi connectivity index (χ1v) is 9.67. The lowest BCUT2D eigenvalue weighted by Crippen LogP contribution is -2.22. The van der Waals surface area contributed by atoms with Gasteiger partial charge in [-0.25, -0.2) is 9.59 Å². The Hall–Kier alpha value is -2.66. The Labute approximate surface area is 166 Å². The summed E-state index contributed by atoms with van der Waals surface area (Å²) in [6.45, 7) is 6.51. The zero-order chi connectivity index (χ0) is 20.4. The normalized spacial score (nSPS) is 11.7. The highest BCUT2D eigenvalue weighted by atomic mass is 16.6. The number of ether oxygens (including phenoxy) is 3. The first-order chi connectivity index (χ1) is 13.5. The van der Waals surface area contributed by atoms with Crippen LogP contribution in [0, 0.1) is 0 Å². The number of hydrogen-bond acceptors (Lipinski definition) is 5. The number of carbonyl (C=O) groups excluding carboxylic acids is 2. The quantitative estimate of drug-likeness (QED) is 0.453. The molecule has 0 bridgehead atoms. The van der Waals surface area contributed by atoms with Crippen LogP contribution >= 0.6 is 0 Å². The van der Waals surface area contributed by atoms with Gasteiger partial charge in [0.05, 0.1) is 24.3 Å². The Morgan fingerprint density at radius 3 is 1.79 bits per heavy atom. The number of carbonyl (C=O) groups is 2. The molecule has 2 aromatic carbocycles. The van der Waals surface area contributed by atoms with Gasteiger partial charge in [-0.2, -0.15) is 0 Å². The van der Waals surface area contributed by atoms with Crippen molar-refractivity contribution in [3.8, 4) is 0 Å². The van der Waals surface area contributed by atoms with E-state index in [1.54, 1.807) is 31.2 Å². The average Bonchev–Trinajstić information content (AvgIpc) is 2.73. The van der Waals surface area contributed by atoms with Gasteiger partial charge in [-0.15, -0.1) is 0 Å². The summed E-state index contributed by atoms with van der Waals surface area (Å²) in [7, 11) is 0. The number of aryl methyl sites for hydroxylation is 2. The van der Waals surface area contributed by atoms with E-state index in [1.807, 2.05) is 24.3 Å². The zero-order valence-electron chi connectivity index (χ0n) is 16.8. The van der Waals surface area contributed by atoms with Crippen LogP contribution in [0.25, 0.3) is 0 Å². The molecule has 0 heterocycles. The molecule has 0 saturated carbocycles. The molecule has 0 N–H and O–H groups in total. The third-order valence-electron chi connectivity index (χ3n) is 4.32. The largest absolute Gasteiger partial charge is 0.460 e. The van der Waals surface area contributed by atoms with Crippen molar-refractivity contribution in [1.29, 1.82) is 0 Å². The van der Waals surface area contributed by atoms with E-state index >= 15 is 0 Å². The predicted octanol–water partition coefficient (Wildman–Crippen LogP) is 4.23. The van der Waals surface area contributed by atoms with Gasteiger partial charge >= 0.3 is 11.9 Å². The summed E-state index contributed by atoms with van der Waals surface area (Å²) in [5.41, 5.74) is 3.38. The standard InChI is InChI=1S/C23H28O5/c1-4-18-6-10-20(11-7-18)22(24)27-15-14-26-16-17(3)28-23(25)21-12-8-19(5-2)9-13-21/h6-13,17H,4-5,14-16H2,1-3H3. The topological polar surface area (TPSA) is 61.8 Å². The molecule has 0 spiro atoms. The third-order valence-corrected chi connectivity index (χ3v) is 4.32.